The van der Waals surface area contributed by atoms with E-state index in [9.17, 15) is 13.2 Å². The number of rotatable bonds is 4. The summed E-state index contributed by atoms with van der Waals surface area (Å²) in [7, 11) is -1.42. The number of methoxy groups -OCH3 is 1. The lowest BCUT2D eigenvalue weighted by Crippen LogP contribution is -2.51. The fourth-order valence-electron chi connectivity index (χ4n) is 3.51. The van der Waals surface area contributed by atoms with Gasteiger partial charge in [-0.25, -0.2) is 8.42 Å². The molecule has 6 nitrogen and oxygen atoms in total. The number of sulfone groups is 1. The summed E-state index contributed by atoms with van der Waals surface area (Å²) < 4.78 is 33.9. The number of hydrogen-bond donors (Lipinski definition) is 1. The number of amides is 1. The highest BCUT2D eigenvalue weighted by atomic mass is 32.2. The van der Waals surface area contributed by atoms with Gasteiger partial charge in [-0.2, -0.15) is 0 Å². The molecular weight excluding hydrogens is 330 g/mol. The molecule has 2 fully saturated rings. The van der Waals surface area contributed by atoms with Gasteiger partial charge in [0.25, 0.3) is 0 Å². The van der Waals surface area contributed by atoms with E-state index >= 15 is 0 Å². The van der Waals surface area contributed by atoms with E-state index in [1.807, 2.05) is 24.3 Å². The van der Waals surface area contributed by atoms with E-state index in [0.29, 0.717) is 32.5 Å². The minimum Gasteiger partial charge on any atom is -0.497 e. The molecule has 3 rings (SSSR count). The molecule has 2 heterocycles. The van der Waals surface area contributed by atoms with Crippen molar-refractivity contribution in [2.75, 3.05) is 31.8 Å². The van der Waals surface area contributed by atoms with Gasteiger partial charge in [0.15, 0.2) is 9.84 Å². The summed E-state index contributed by atoms with van der Waals surface area (Å²) in [5.74, 6) is 0.825. The number of nitrogens with one attached hydrogen (secondary N) is 1. The molecule has 2 aliphatic heterocycles. The summed E-state index contributed by atoms with van der Waals surface area (Å²) in [5, 5.41) is 2.97. The molecule has 0 aromatic heterocycles. The zero-order chi connectivity index (χ0) is 17.2. The smallest absolute Gasteiger partial charge is 0.231 e. The van der Waals surface area contributed by atoms with Gasteiger partial charge in [0.2, 0.25) is 5.91 Å². The van der Waals surface area contributed by atoms with Crippen molar-refractivity contribution in [1.29, 1.82) is 0 Å². The fourth-order valence-corrected chi connectivity index (χ4v) is 5.18. The van der Waals surface area contributed by atoms with Crippen molar-refractivity contribution in [2.45, 2.75) is 30.7 Å². The summed E-state index contributed by atoms with van der Waals surface area (Å²) >= 11 is 0. The number of benzene rings is 1. The predicted molar refractivity (Wildman–Crippen MR) is 89.9 cm³/mol. The third kappa shape index (κ3) is 3.42. The Morgan fingerprint density at radius 3 is 2.46 bits per heavy atom. The zero-order valence-electron chi connectivity index (χ0n) is 13.8. The molecule has 1 aromatic carbocycles. The Balaban J connectivity index is 1.83. The molecule has 0 aliphatic carbocycles. The summed E-state index contributed by atoms with van der Waals surface area (Å²) in [5.41, 5.74) is 0.251. The molecule has 0 saturated carbocycles. The van der Waals surface area contributed by atoms with E-state index in [1.54, 1.807) is 7.11 Å². The van der Waals surface area contributed by atoms with Gasteiger partial charge in [-0.3, -0.25) is 4.79 Å². The Labute approximate surface area is 142 Å². The van der Waals surface area contributed by atoms with E-state index in [4.69, 9.17) is 9.47 Å². The summed E-state index contributed by atoms with van der Waals surface area (Å²) in [6.45, 7) is 1.03. The van der Waals surface area contributed by atoms with E-state index in [2.05, 4.69) is 5.32 Å². The van der Waals surface area contributed by atoms with Gasteiger partial charge in [-0.1, -0.05) is 12.1 Å². The average molecular weight is 353 g/mol. The van der Waals surface area contributed by atoms with Crippen molar-refractivity contribution in [1.82, 2.24) is 5.32 Å². The first-order chi connectivity index (χ1) is 11.5. The Hall–Kier alpha value is -1.60. The number of carbonyl (C=O) groups excluding carboxylic acids is 1. The molecule has 132 valence electrons. The van der Waals surface area contributed by atoms with Crippen LogP contribution in [-0.2, 0) is 24.8 Å². The van der Waals surface area contributed by atoms with Gasteiger partial charge >= 0.3 is 0 Å². The van der Waals surface area contributed by atoms with Crippen LogP contribution in [0, 0.1) is 0 Å². The summed E-state index contributed by atoms with van der Waals surface area (Å²) in [4.78, 5) is 13.0. The Kier molecular flexibility index (Phi) is 4.83. The van der Waals surface area contributed by atoms with Crippen LogP contribution in [0.5, 0.6) is 5.75 Å². The standard InChI is InChI=1S/C17H23NO5S/c1-22-15-4-2-13(3-5-15)17(7-9-23-10-8-17)16(19)18-14-6-11-24(20,21)12-14/h2-5,14H,6-12H2,1H3,(H,18,19)/t14-/m1/s1. The van der Waals surface area contributed by atoms with E-state index in [1.165, 1.54) is 0 Å². The second kappa shape index (κ2) is 6.72. The summed E-state index contributed by atoms with van der Waals surface area (Å²) in [6, 6.07) is 7.23. The SMILES string of the molecule is COc1ccc(C2(C(=O)N[C@@H]3CCS(=O)(=O)C3)CCOCC2)cc1. The molecule has 0 radical (unpaired) electrons. The van der Waals surface area contributed by atoms with Crippen molar-refractivity contribution in [3.63, 3.8) is 0 Å². The fraction of sp³-hybridized carbons (Fsp3) is 0.588. The van der Waals surface area contributed by atoms with E-state index in [0.717, 1.165) is 11.3 Å². The van der Waals surface area contributed by atoms with Crippen LogP contribution in [0.15, 0.2) is 24.3 Å². The topological polar surface area (TPSA) is 81.7 Å². The van der Waals surface area contributed by atoms with E-state index in [-0.39, 0.29) is 23.5 Å². The predicted octanol–water partition coefficient (Wildman–Crippen LogP) is 1.05. The first-order valence-corrected chi connectivity index (χ1v) is 10.0. The van der Waals surface area contributed by atoms with Gasteiger partial charge in [-0.15, -0.1) is 0 Å². The van der Waals surface area contributed by atoms with Crippen LogP contribution < -0.4 is 10.1 Å². The minimum absolute atomic E-state index is 0.0356. The van der Waals surface area contributed by atoms with Crippen LogP contribution in [0.25, 0.3) is 0 Å². The van der Waals surface area contributed by atoms with Crippen LogP contribution in [-0.4, -0.2) is 52.2 Å². The molecular formula is C17H23NO5S. The van der Waals surface area contributed by atoms with Gasteiger partial charge in [-0.05, 0) is 37.0 Å². The zero-order valence-corrected chi connectivity index (χ0v) is 14.6. The maximum absolute atomic E-state index is 13.0. The van der Waals surface area contributed by atoms with Gasteiger partial charge in [0.1, 0.15) is 5.75 Å². The number of ether oxygens (including phenoxy) is 2. The van der Waals surface area contributed by atoms with Crippen LogP contribution in [0.4, 0.5) is 0 Å². The molecule has 2 aliphatic rings. The van der Waals surface area contributed by atoms with Crippen LogP contribution in [0.2, 0.25) is 0 Å². The van der Waals surface area contributed by atoms with E-state index < -0.39 is 15.3 Å². The molecule has 1 amide bonds. The molecule has 0 spiro atoms. The molecule has 1 aromatic rings. The minimum atomic E-state index is -3.02. The second-order valence-electron chi connectivity index (χ2n) is 6.50. The highest BCUT2D eigenvalue weighted by molar-refractivity contribution is 7.91. The number of carbonyl (C=O) groups is 1. The molecule has 0 unspecified atom stereocenters. The molecule has 2 saturated heterocycles. The van der Waals surface area contributed by atoms with Crippen molar-refractivity contribution in [2.24, 2.45) is 0 Å². The highest BCUT2D eigenvalue weighted by Gasteiger charge is 2.43. The first kappa shape index (κ1) is 17.2. The Bertz CT molecular complexity index is 692. The van der Waals surface area contributed by atoms with Crippen molar-refractivity contribution < 1.29 is 22.7 Å². The number of hydrogen-bond acceptors (Lipinski definition) is 5. The average Bonchev–Trinajstić information content (AvgIpc) is 2.94. The maximum Gasteiger partial charge on any atom is 0.231 e. The highest BCUT2D eigenvalue weighted by Crippen LogP contribution is 2.36. The van der Waals surface area contributed by atoms with Crippen LogP contribution in [0.3, 0.4) is 0 Å². The Morgan fingerprint density at radius 2 is 1.92 bits per heavy atom. The third-order valence-electron chi connectivity index (χ3n) is 4.99. The lowest BCUT2D eigenvalue weighted by molar-refractivity contribution is -0.131. The van der Waals surface area contributed by atoms with Gasteiger partial charge in [0.05, 0.1) is 24.0 Å². The third-order valence-corrected chi connectivity index (χ3v) is 6.76. The normalized spacial score (nSPS) is 25.1. The van der Waals surface area contributed by atoms with Gasteiger partial charge < -0.3 is 14.8 Å². The molecule has 7 heteroatoms. The quantitative estimate of drug-likeness (QED) is 0.875. The maximum atomic E-state index is 13.0. The monoisotopic (exact) mass is 353 g/mol. The van der Waals surface area contributed by atoms with Crippen molar-refractivity contribution in [3.05, 3.63) is 29.8 Å². The first-order valence-electron chi connectivity index (χ1n) is 8.19. The molecule has 1 atom stereocenters. The van der Waals surface area contributed by atoms with Crippen LogP contribution in [0.1, 0.15) is 24.8 Å². The summed E-state index contributed by atoms with van der Waals surface area (Å²) in [6.07, 6.45) is 1.67. The largest absolute Gasteiger partial charge is 0.497 e. The van der Waals surface area contributed by atoms with Crippen LogP contribution >= 0.6 is 0 Å². The molecule has 1 N–H and O–H groups in total. The van der Waals surface area contributed by atoms with Gasteiger partial charge in [0, 0.05) is 19.3 Å². The van der Waals surface area contributed by atoms with Crippen molar-refractivity contribution in [3.8, 4) is 5.75 Å². The van der Waals surface area contributed by atoms with Crippen molar-refractivity contribution >= 4 is 15.7 Å². The molecule has 24 heavy (non-hydrogen) atoms. The lowest BCUT2D eigenvalue weighted by Gasteiger charge is -2.37. The Morgan fingerprint density at radius 1 is 1.25 bits per heavy atom. The molecule has 0 bridgehead atoms. The lowest BCUT2D eigenvalue weighted by atomic mass is 9.73. The second-order valence-corrected chi connectivity index (χ2v) is 8.73.